The normalized spacial score (nSPS) is 11.6. The van der Waals surface area contributed by atoms with Crippen LogP contribution in [-0.2, 0) is 16.4 Å². The predicted molar refractivity (Wildman–Crippen MR) is 123 cm³/mol. The summed E-state index contributed by atoms with van der Waals surface area (Å²) in [5.74, 6) is 0.125. The van der Waals surface area contributed by atoms with E-state index in [9.17, 15) is 13.2 Å². The fourth-order valence-electron chi connectivity index (χ4n) is 2.95. The van der Waals surface area contributed by atoms with Gasteiger partial charge in [-0.3, -0.25) is 10.1 Å². The second-order valence-corrected chi connectivity index (χ2v) is 10.5. The Kier molecular flexibility index (Phi) is 7.53. The third-order valence-electron chi connectivity index (χ3n) is 4.72. The van der Waals surface area contributed by atoms with Crippen molar-refractivity contribution in [3.05, 3.63) is 70.8 Å². The van der Waals surface area contributed by atoms with Crippen molar-refractivity contribution in [1.82, 2.24) is 14.9 Å². The van der Waals surface area contributed by atoms with Crippen molar-refractivity contribution in [2.45, 2.75) is 43.9 Å². The molecular weight excluding hydrogens is 432 g/mol. The maximum Gasteiger partial charge on any atom is 0.269 e. The van der Waals surface area contributed by atoms with Gasteiger partial charge in [0.2, 0.25) is 9.47 Å². The summed E-state index contributed by atoms with van der Waals surface area (Å²) >= 11 is 0.821. The van der Waals surface area contributed by atoms with E-state index in [2.05, 4.69) is 58.3 Å². The minimum absolute atomic E-state index is 0.136. The van der Waals surface area contributed by atoms with Gasteiger partial charge in [-0.15, -0.1) is 10.2 Å². The van der Waals surface area contributed by atoms with E-state index in [1.807, 2.05) is 13.0 Å². The van der Waals surface area contributed by atoms with Crippen LogP contribution in [0.25, 0.3) is 0 Å². The minimum atomic E-state index is -3.78. The van der Waals surface area contributed by atoms with Crippen molar-refractivity contribution < 1.29 is 13.2 Å². The zero-order valence-electron chi connectivity index (χ0n) is 17.8. The molecule has 1 aromatic heterocycles. The maximum absolute atomic E-state index is 12.5. The van der Waals surface area contributed by atoms with Gasteiger partial charge in [0.15, 0.2) is 0 Å². The first kappa shape index (κ1) is 23.1. The van der Waals surface area contributed by atoms with Gasteiger partial charge in [-0.1, -0.05) is 67.1 Å². The number of anilines is 1. The van der Waals surface area contributed by atoms with Crippen LogP contribution in [0.1, 0.15) is 53.2 Å². The molecular formula is C22H26N4O3S2. The first-order valence-electron chi connectivity index (χ1n) is 10.0. The Morgan fingerprint density at radius 1 is 1.10 bits per heavy atom. The largest absolute Gasteiger partial charge is 0.296 e. The Balaban J connectivity index is 1.51. The summed E-state index contributed by atoms with van der Waals surface area (Å²) < 4.78 is 27.3. The van der Waals surface area contributed by atoms with E-state index in [0.717, 1.165) is 23.3 Å². The van der Waals surface area contributed by atoms with Gasteiger partial charge in [-0.25, -0.2) is 13.1 Å². The van der Waals surface area contributed by atoms with Gasteiger partial charge in [-0.05, 0) is 48.9 Å². The highest BCUT2D eigenvalue weighted by molar-refractivity contribution is 7.91. The number of sulfonamides is 1. The van der Waals surface area contributed by atoms with Crippen LogP contribution < -0.4 is 10.0 Å². The highest BCUT2D eigenvalue weighted by Crippen LogP contribution is 2.21. The molecule has 0 bridgehead atoms. The third-order valence-corrected chi connectivity index (χ3v) is 7.38. The van der Waals surface area contributed by atoms with Crippen LogP contribution in [0.5, 0.6) is 0 Å². The Hall–Kier alpha value is -2.62. The monoisotopic (exact) mass is 458 g/mol. The number of benzene rings is 2. The smallest absolute Gasteiger partial charge is 0.269 e. The summed E-state index contributed by atoms with van der Waals surface area (Å²) in [6.45, 7) is 6.48. The molecule has 0 saturated heterocycles. The van der Waals surface area contributed by atoms with E-state index >= 15 is 0 Å². The molecule has 0 spiro atoms. The number of aryl methyl sites for hydroxylation is 2. The minimum Gasteiger partial charge on any atom is -0.296 e. The lowest BCUT2D eigenvalue weighted by Crippen LogP contribution is -2.25. The molecule has 31 heavy (non-hydrogen) atoms. The number of hydrogen-bond acceptors (Lipinski definition) is 6. The van der Waals surface area contributed by atoms with Gasteiger partial charge in [0, 0.05) is 12.1 Å². The first-order chi connectivity index (χ1) is 14.7. The number of nitrogens with one attached hydrogen (secondary N) is 2. The van der Waals surface area contributed by atoms with E-state index in [-0.39, 0.29) is 15.4 Å². The first-order valence-corrected chi connectivity index (χ1v) is 12.3. The number of aromatic nitrogens is 2. The quantitative estimate of drug-likeness (QED) is 0.371. The van der Waals surface area contributed by atoms with Crippen molar-refractivity contribution in [1.29, 1.82) is 0 Å². The molecule has 1 amide bonds. The molecule has 1 heterocycles. The zero-order valence-corrected chi connectivity index (χ0v) is 19.4. The van der Waals surface area contributed by atoms with Crippen molar-refractivity contribution in [3.8, 4) is 0 Å². The molecule has 7 nitrogen and oxygen atoms in total. The van der Waals surface area contributed by atoms with E-state index in [1.165, 1.54) is 11.1 Å². The lowest BCUT2D eigenvalue weighted by molar-refractivity contribution is 0.102. The van der Waals surface area contributed by atoms with Crippen molar-refractivity contribution in [3.63, 3.8) is 0 Å². The molecule has 0 saturated carbocycles. The molecule has 3 aromatic rings. The number of hydrogen-bond donors (Lipinski definition) is 2. The topological polar surface area (TPSA) is 101 Å². The summed E-state index contributed by atoms with van der Waals surface area (Å²) in [5.41, 5.74) is 3.87. The van der Waals surface area contributed by atoms with Gasteiger partial charge >= 0.3 is 0 Å². The average Bonchev–Trinajstić information content (AvgIpc) is 3.21. The molecule has 0 aliphatic rings. The van der Waals surface area contributed by atoms with Crippen LogP contribution in [0, 0.1) is 6.92 Å². The maximum atomic E-state index is 12.5. The molecule has 0 aliphatic carbocycles. The average molecular weight is 459 g/mol. The number of carbonyl (C=O) groups excluding carboxylic acids is 1. The molecule has 3 rings (SSSR count). The van der Waals surface area contributed by atoms with Crippen LogP contribution in [-0.4, -0.2) is 31.1 Å². The van der Waals surface area contributed by atoms with Crippen LogP contribution >= 0.6 is 11.3 Å². The van der Waals surface area contributed by atoms with Crippen LogP contribution in [0.4, 0.5) is 5.13 Å². The van der Waals surface area contributed by atoms with Crippen molar-refractivity contribution in [2.75, 3.05) is 11.9 Å². The van der Waals surface area contributed by atoms with Gasteiger partial charge in [-0.2, -0.15) is 0 Å². The number of nitrogens with zero attached hydrogens (tertiary/aromatic N) is 2. The Bertz CT molecular complexity index is 1140. The molecule has 0 radical (unpaired) electrons. The fourth-order valence-corrected chi connectivity index (χ4v) is 4.96. The highest BCUT2D eigenvalue weighted by atomic mass is 32.2. The third kappa shape index (κ3) is 6.43. The summed E-state index contributed by atoms with van der Waals surface area (Å²) in [5, 5.41) is 10.2. The summed E-state index contributed by atoms with van der Waals surface area (Å²) in [4.78, 5) is 12.3. The van der Waals surface area contributed by atoms with Crippen LogP contribution in [0.3, 0.4) is 0 Å². The molecule has 9 heteroatoms. The Labute approximate surface area is 187 Å². The molecule has 164 valence electrons. The van der Waals surface area contributed by atoms with Crippen molar-refractivity contribution in [2.24, 2.45) is 0 Å². The summed E-state index contributed by atoms with van der Waals surface area (Å²) in [6.07, 6.45) is 1.44. The van der Waals surface area contributed by atoms with Crippen LogP contribution in [0.15, 0.2) is 52.9 Å². The van der Waals surface area contributed by atoms with Crippen LogP contribution in [0.2, 0.25) is 0 Å². The standard InChI is InChI=1S/C22H26N4O3S2/c1-15(2)18-11-9-17(10-12-18)7-5-13-23-31(28,29)22-26-25-21(30-22)24-20(27)19-8-4-6-16(3)14-19/h4,6,8-12,14-15,23H,5,7,13H2,1-3H3,(H,24,25,27). The lowest BCUT2D eigenvalue weighted by Gasteiger charge is -2.07. The fraction of sp³-hybridized carbons (Fsp3) is 0.318. The van der Waals surface area contributed by atoms with E-state index in [1.54, 1.807) is 18.2 Å². The molecule has 0 fully saturated rings. The highest BCUT2D eigenvalue weighted by Gasteiger charge is 2.20. The second kappa shape index (κ2) is 10.1. The van der Waals surface area contributed by atoms with Gasteiger partial charge in [0.1, 0.15) is 0 Å². The lowest BCUT2D eigenvalue weighted by atomic mass is 10.0. The second-order valence-electron chi connectivity index (χ2n) is 7.59. The number of rotatable bonds is 9. The van der Waals surface area contributed by atoms with Gasteiger partial charge in [0.25, 0.3) is 15.9 Å². The number of carbonyl (C=O) groups is 1. The Morgan fingerprint density at radius 2 is 1.84 bits per heavy atom. The zero-order chi connectivity index (χ0) is 22.4. The molecule has 2 N–H and O–H groups in total. The van der Waals surface area contributed by atoms with E-state index < -0.39 is 10.0 Å². The molecule has 2 aromatic carbocycles. The molecule has 0 aliphatic heterocycles. The van der Waals surface area contributed by atoms with Gasteiger partial charge < -0.3 is 0 Å². The Morgan fingerprint density at radius 3 is 2.52 bits per heavy atom. The molecule has 0 unspecified atom stereocenters. The predicted octanol–water partition coefficient (Wildman–Crippen LogP) is 4.13. The summed E-state index contributed by atoms with van der Waals surface area (Å²) in [7, 11) is -3.78. The SMILES string of the molecule is Cc1cccc(C(=O)Nc2nnc(S(=O)(=O)NCCCc3ccc(C(C)C)cc3)s2)c1. The number of amides is 1. The summed E-state index contributed by atoms with van der Waals surface area (Å²) in [6, 6.07) is 15.5. The van der Waals surface area contributed by atoms with Crippen molar-refractivity contribution >= 4 is 32.4 Å². The van der Waals surface area contributed by atoms with E-state index in [0.29, 0.717) is 24.4 Å². The van der Waals surface area contributed by atoms with E-state index in [4.69, 9.17) is 0 Å². The molecule has 0 atom stereocenters. The van der Waals surface area contributed by atoms with Gasteiger partial charge in [0.05, 0.1) is 0 Å².